The van der Waals surface area contributed by atoms with E-state index in [4.69, 9.17) is 4.74 Å². The van der Waals surface area contributed by atoms with Crippen LogP contribution in [0.1, 0.15) is 72.6 Å². The highest BCUT2D eigenvalue weighted by Gasteiger charge is 2.18. The molecule has 21 heavy (non-hydrogen) atoms. The fourth-order valence-corrected chi connectivity index (χ4v) is 2.78. The molecule has 1 aliphatic rings. The Hall–Kier alpha value is -0.770. The highest BCUT2D eigenvalue weighted by Crippen LogP contribution is 2.22. The molecule has 1 saturated carbocycles. The number of amides is 1. The first-order valence-electron chi connectivity index (χ1n) is 8.61. The van der Waals surface area contributed by atoms with Crippen molar-refractivity contribution in [2.24, 2.45) is 5.92 Å². The third-order valence-electron chi connectivity index (χ3n) is 4.05. The van der Waals surface area contributed by atoms with E-state index in [1.165, 1.54) is 38.5 Å². The zero-order valence-electron chi connectivity index (χ0n) is 14.3. The number of nitrogens with one attached hydrogen (secondary N) is 2. The summed E-state index contributed by atoms with van der Waals surface area (Å²) in [6, 6.07) is 0.334. The SMILES string of the molecule is CCC(CNC(=O)OC(C)(C)C)NCC1CCCCCC1. The van der Waals surface area contributed by atoms with Gasteiger partial charge in [0.15, 0.2) is 0 Å². The molecular weight excluding hydrogens is 264 g/mol. The number of hydrogen-bond donors (Lipinski definition) is 2. The van der Waals surface area contributed by atoms with E-state index < -0.39 is 5.60 Å². The summed E-state index contributed by atoms with van der Waals surface area (Å²) < 4.78 is 5.27. The number of ether oxygens (including phenoxy) is 1. The van der Waals surface area contributed by atoms with Crippen molar-refractivity contribution < 1.29 is 9.53 Å². The summed E-state index contributed by atoms with van der Waals surface area (Å²) in [4.78, 5) is 11.7. The van der Waals surface area contributed by atoms with Gasteiger partial charge in [0, 0.05) is 12.6 Å². The molecule has 0 aromatic heterocycles. The van der Waals surface area contributed by atoms with E-state index in [1.54, 1.807) is 0 Å². The maximum atomic E-state index is 11.7. The summed E-state index contributed by atoms with van der Waals surface area (Å²) in [6.45, 7) is 9.52. The highest BCUT2D eigenvalue weighted by atomic mass is 16.6. The van der Waals surface area contributed by atoms with Gasteiger partial charge in [0.25, 0.3) is 0 Å². The lowest BCUT2D eigenvalue weighted by Gasteiger charge is -2.23. The normalized spacial score (nSPS) is 18.9. The second-order valence-electron chi connectivity index (χ2n) is 7.25. The van der Waals surface area contributed by atoms with Gasteiger partial charge in [0.2, 0.25) is 0 Å². The van der Waals surface area contributed by atoms with Crippen molar-refractivity contribution in [3.8, 4) is 0 Å². The van der Waals surface area contributed by atoms with Gasteiger partial charge in [-0.15, -0.1) is 0 Å². The molecule has 4 nitrogen and oxygen atoms in total. The van der Waals surface area contributed by atoms with Crippen LogP contribution in [0.15, 0.2) is 0 Å². The fourth-order valence-electron chi connectivity index (χ4n) is 2.78. The van der Waals surface area contributed by atoms with E-state index >= 15 is 0 Å². The van der Waals surface area contributed by atoms with Crippen LogP contribution >= 0.6 is 0 Å². The Morgan fingerprint density at radius 1 is 1.19 bits per heavy atom. The van der Waals surface area contributed by atoms with E-state index in [-0.39, 0.29) is 6.09 Å². The predicted molar refractivity (Wildman–Crippen MR) is 87.5 cm³/mol. The molecule has 1 rings (SSSR count). The summed E-state index contributed by atoms with van der Waals surface area (Å²) >= 11 is 0. The van der Waals surface area contributed by atoms with Crippen LogP contribution in [0.3, 0.4) is 0 Å². The van der Waals surface area contributed by atoms with E-state index in [9.17, 15) is 4.79 Å². The van der Waals surface area contributed by atoms with Gasteiger partial charge in [-0.3, -0.25) is 0 Å². The van der Waals surface area contributed by atoms with Crippen LogP contribution < -0.4 is 10.6 Å². The van der Waals surface area contributed by atoms with Crippen LogP contribution in [0.4, 0.5) is 4.79 Å². The molecule has 2 N–H and O–H groups in total. The van der Waals surface area contributed by atoms with Gasteiger partial charge in [0.05, 0.1) is 0 Å². The molecule has 1 unspecified atom stereocenters. The molecule has 0 spiro atoms. The molecule has 0 aromatic rings. The summed E-state index contributed by atoms with van der Waals surface area (Å²) in [7, 11) is 0. The molecule has 0 aromatic carbocycles. The first-order valence-corrected chi connectivity index (χ1v) is 8.61. The molecule has 0 aliphatic heterocycles. The molecule has 0 radical (unpaired) electrons. The molecule has 0 heterocycles. The molecule has 0 bridgehead atoms. The monoisotopic (exact) mass is 298 g/mol. The van der Waals surface area contributed by atoms with Gasteiger partial charge >= 0.3 is 6.09 Å². The first-order chi connectivity index (χ1) is 9.90. The first kappa shape index (κ1) is 18.3. The van der Waals surface area contributed by atoms with E-state index in [2.05, 4.69) is 17.6 Å². The number of carbonyl (C=O) groups excluding carboxylic acids is 1. The Balaban J connectivity index is 2.23. The van der Waals surface area contributed by atoms with Crippen molar-refractivity contribution in [3.05, 3.63) is 0 Å². The molecule has 1 fully saturated rings. The van der Waals surface area contributed by atoms with E-state index in [0.717, 1.165) is 18.9 Å². The third-order valence-corrected chi connectivity index (χ3v) is 4.05. The zero-order valence-corrected chi connectivity index (χ0v) is 14.3. The van der Waals surface area contributed by atoms with Crippen LogP contribution in [-0.2, 0) is 4.74 Å². The quantitative estimate of drug-likeness (QED) is 0.732. The molecule has 124 valence electrons. The van der Waals surface area contributed by atoms with Gasteiger partial charge in [-0.2, -0.15) is 0 Å². The average molecular weight is 298 g/mol. The van der Waals surface area contributed by atoms with Crippen LogP contribution in [-0.4, -0.2) is 30.8 Å². The molecule has 1 aliphatic carbocycles. The van der Waals surface area contributed by atoms with Crippen molar-refractivity contribution in [2.45, 2.75) is 84.3 Å². The zero-order chi connectivity index (χ0) is 15.7. The number of rotatable bonds is 6. The number of carbonyl (C=O) groups is 1. The Bertz CT molecular complexity index is 292. The van der Waals surface area contributed by atoms with E-state index in [1.807, 2.05) is 20.8 Å². The largest absolute Gasteiger partial charge is 0.444 e. The maximum Gasteiger partial charge on any atom is 0.407 e. The highest BCUT2D eigenvalue weighted by molar-refractivity contribution is 5.67. The Labute approximate surface area is 130 Å². The third kappa shape index (κ3) is 8.97. The topological polar surface area (TPSA) is 50.4 Å². The Kier molecular flexibility index (Phi) is 8.09. The standard InChI is InChI=1S/C17H34N2O2/c1-5-15(13-19-16(20)21-17(2,3)4)18-12-14-10-8-6-7-9-11-14/h14-15,18H,5-13H2,1-4H3,(H,19,20). The van der Waals surface area contributed by atoms with Crippen LogP contribution in [0.5, 0.6) is 0 Å². The molecule has 0 saturated heterocycles. The molecule has 4 heteroatoms. The second kappa shape index (κ2) is 9.29. The summed E-state index contributed by atoms with van der Waals surface area (Å²) in [5.41, 5.74) is -0.431. The van der Waals surface area contributed by atoms with Crippen molar-refractivity contribution in [1.82, 2.24) is 10.6 Å². The van der Waals surface area contributed by atoms with Crippen molar-refractivity contribution in [3.63, 3.8) is 0 Å². The summed E-state index contributed by atoms with van der Waals surface area (Å²) in [6.07, 6.45) is 8.94. The summed E-state index contributed by atoms with van der Waals surface area (Å²) in [5.74, 6) is 0.808. The maximum absolute atomic E-state index is 11.7. The minimum atomic E-state index is -0.431. The van der Waals surface area contributed by atoms with Gasteiger partial charge < -0.3 is 15.4 Å². The lowest BCUT2D eigenvalue weighted by molar-refractivity contribution is 0.0522. The van der Waals surface area contributed by atoms with Crippen LogP contribution in [0.2, 0.25) is 0 Å². The van der Waals surface area contributed by atoms with Crippen molar-refractivity contribution in [1.29, 1.82) is 0 Å². The fraction of sp³-hybridized carbons (Fsp3) is 0.941. The summed E-state index contributed by atoms with van der Waals surface area (Å²) in [5, 5.41) is 6.48. The van der Waals surface area contributed by atoms with Gasteiger partial charge in [-0.25, -0.2) is 4.79 Å². The average Bonchev–Trinajstić information content (AvgIpc) is 2.65. The molecule has 1 atom stereocenters. The van der Waals surface area contributed by atoms with Crippen molar-refractivity contribution >= 4 is 6.09 Å². The number of alkyl carbamates (subject to hydrolysis) is 1. The Morgan fingerprint density at radius 2 is 1.81 bits per heavy atom. The second-order valence-corrected chi connectivity index (χ2v) is 7.25. The molecule has 1 amide bonds. The van der Waals surface area contributed by atoms with Crippen molar-refractivity contribution in [2.75, 3.05) is 13.1 Å². The smallest absolute Gasteiger partial charge is 0.407 e. The minimum Gasteiger partial charge on any atom is -0.444 e. The lowest BCUT2D eigenvalue weighted by atomic mass is 10.00. The predicted octanol–water partition coefficient (Wildman–Crippen LogP) is 3.85. The van der Waals surface area contributed by atoms with Crippen LogP contribution in [0.25, 0.3) is 0 Å². The van der Waals surface area contributed by atoms with Gasteiger partial charge in [-0.1, -0.05) is 32.6 Å². The van der Waals surface area contributed by atoms with E-state index in [0.29, 0.717) is 12.6 Å². The minimum absolute atomic E-state index is 0.322. The van der Waals surface area contributed by atoms with Gasteiger partial charge in [0.1, 0.15) is 5.60 Å². The Morgan fingerprint density at radius 3 is 2.33 bits per heavy atom. The lowest BCUT2D eigenvalue weighted by Crippen LogP contribution is -2.43. The molecular formula is C17H34N2O2. The number of hydrogen-bond acceptors (Lipinski definition) is 3. The van der Waals surface area contributed by atoms with Gasteiger partial charge in [-0.05, 0) is 52.5 Å². The van der Waals surface area contributed by atoms with Crippen LogP contribution in [0, 0.1) is 5.92 Å².